The fourth-order valence-electron chi connectivity index (χ4n) is 2.94. The molecule has 5 nitrogen and oxygen atoms in total. The van der Waals surface area contributed by atoms with Gasteiger partial charge in [0.1, 0.15) is 0 Å². The molecule has 21 heavy (non-hydrogen) atoms. The van der Waals surface area contributed by atoms with E-state index in [1.165, 1.54) is 18.5 Å². The Morgan fingerprint density at radius 1 is 1.24 bits per heavy atom. The van der Waals surface area contributed by atoms with Gasteiger partial charge in [0.25, 0.3) is 5.91 Å². The first-order valence-electron chi connectivity index (χ1n) is 7.47. The Morgan fingerprint density at radius 2 is 2.10 bits per heavy atom. The van der Waals surface area contributed by atoms with E-state index in [9.17, 15) is 4.79 Å². The molecule has 0 atom stereocenters. The minimum atomic E-state index is 0.0174. The second kappa shape index (κ2) is 4.91. The molecule has 0 unspecified atom stereocenters. The smallest absolute Gasteiger partial charge is 0.253 e. The summed E-state index contributed by atoms with van der Waals surface area (Å²) in [5, 5.41) is 7.40. The van der Waals surface area contributed by atoms with Crippen molar-refractivity contribution in [3.63, 3.8) is 0 Å². The molecule has 0 spiro atoms. The number of carbonyl (C=O) groups is 1. The zero-order chi connectivity index (χ0) is 14.2. The summed E-state index contributed by atoms with van der Waals surface area (Å²) in [6.07, 6.45) is 4.33. The second-order valence-electron chi connectivity index (χ2n) is 5.69. The molecule has 1 aromatic carbocycles. The van der Waals surface area contributed by atoms with Gasteiger partial charge in [-0.1, -0.05) is 12.1 Å². The maximum atomic E-state index is 12.1. The van der Waals surface area contributed by atoms with Crippen LogP contribution >= 0.6 is 0 Å². The van der Waals surface area contributed by atoms with Crippen LogP contribution < -0.4 is 10.2 Å². The highest BCUT2D eigenvalue weighted by Gasteiger charge is 2.27. The van der Waals surface area contributed by atoms with Gasteiger partial charge in [0, 0.05) is 25.0 Å². The van der Waals surface area contributed by atoms with Gasteiger partial charge in [-0.05, 0) is 31.0 Å². The van der Waals surface area contributed by atoms with Gasteiger partial charge >= 0.3 is 0 Å². The number of benzene rings is 1. The van der Waals surface area contributed by atoms with Gasteiger partial charge in [0.2, 0.25) is 0 Å². The highest BCUT2D eigenvalue weighted by atomic mass is 16.1. The fraction of sp³-hybridized carbons (Fsp3) is 0.375. The average Bonchev–Trinajstić information content (AvgIpc) is 3.27. The van der Waals surface area contributed by atoms with Crippen LogP contribution in [0.25, 0.3) is 0 Å². The molecule has 1 amide bonds. The first-order valence-corrected chi connectivity index (χ1v) is 7.47. The summed E-state index contributed by atoms with van der Waals surface area (Å²) in [5.74, 6) is 0.0174. The van der Waals surface area contributed by atoms with Crippen molar-refractivity contribution in [2.24, 2.45) is 0 Å². The maximum Gasteiger partial charge on any atom is 0.253 e. The Hall–Kier alpha value is -2.30. The van der Waals surface area contributed by atoms with E-state index >= 15 is 0 Å². The molecule has 0 bridgehead atoms. The Bertz CT molecular complexity index is 674. The molecule has 0 saturated heterocycles. The molecule has 0 radical (unpaired) electrons. The van der Waals surface area contributed by atoms with Gasteiger partial charge in [-0.3, -0.25) is 9.48 Å². The molecular weight excluding hydrogens is 264 g/mol. The number of aromatic nitrogens is 2. The van der Waals surface area contributed by atoms with E-state index < -0.39 is 0 Å². The molecule has 1 aromatic heterocycles. The summed E-state index contributed by atoms with van der Waals surface area (Å²) in [6, 6.07) is 10.5. The zero-order valence-electron chi connectivity index (χ0n) is 11.8. The number of carbonyl (C=O) groups excluding carboxylic acids is 1. The first-order chi connectivity index (χ1) is 10.3. The summed E-state index contributed by atoms with van der Waals surface area (Å²) in [6.45, 7) is 2.28. The Morgan fingerprint density at radius 3 is 2.95 bits per heavy atom. The van der Waals surface area contributed by atoms with Crippen molar-refractivity contribution in [3.05, 3.63) is 47.8 Å². The van der Waals surface area contributed by atoms with E-state index in [1.54, 1.807) is 0 Å². The van der Waals surface area contributed by atoms with Gasteiger partial charge in [-0.25, -0.2) is 0 Å². The number of hydrogen-bond donors (Lipinski definition) is 1. The molecule has 1 saturated carbocycles. The lowest BCUT2D eigenvalue weighted by molar-refractivity contribution is 0.0958. The zero-order valence-corrected chi connectivity index (χ0v) is 11.8. The lowest BCUT2D eigenvalue weighted by atomic mass is 10.1. The Balaban J connectivity index is 1.66. The molecule has 4 rings (SSSR count). The molecule has 1 aliphatic heterocycles. The molecule has 2 heterocycles. The molecular formula is C16H18N4O. The van der Waals surface area contributed by atoms with Crippen molar-refractivity contribution in [2.75, 3.05) is 18.0 Å². The van der Waals surface area contributed by atoms with Crippen molar-refractivity contribution in [2.45, 2.75) is 25.4 Å². The summed E-state index contributed by atoms with van der Waals surface area (Å²) in [7, 11) is 0. The maximum absolute atomic E-state index is 12.1. The van der Waals surface area contributed by atoms with E-state index in [2.05, 4.69) is 26.1 Å². The molecule has 1 N–H and O–H groups in total. The van der Waals surface area contributed by atoms with E-state index in [0.29, 0.717) is 12.6 Å². The number of amides is 1. The minimum Gasteiger partial charge on any atom is -0.363 e. The van der Waals surface area contributed by atoms with E-state index in [-0.39, 0.29) is 5.91 Å². The predicted molar refractivity (Wildman–Crippen MR) is 80.3 cm³/mol. The number of nitrogens with zero attached hydrogens (tertiary/aromatic N) is 3. The van der Waals surface area contributed by atoms with Crippen LogP contribution in [0.3, 0.4) is 0 Å². The monoisotopic (exact) mass is 282 g/mol. The lowest BCUT2D eigenvalue weighted by Gasteiger charge is -2.24. The van der Waals surface area contributed by atoms with Crippen molar-refractivity contribution in [1.82, 2.24) is 15.1 Å². The van der Waals surface area contributed by atoms with Crippen LogP contribution in [0.5, 0.6) is 0 Å². The van der Waals surface area contributed by atoms with Crippen LogP contribution in [-0.2, 0) is 6.54 Å². The fourth-order valence-corrected chi connectivity index (χ4v) is 2.94. The van der Waals surface area contributed by atoms with Gasteiger partial charge in [0.05, 0.1) is 23.8 Å². The predicted octanol–water partition coefficient (Wildman–Crippen LogP) is 1.97. The van der Waals surface area contributed by atoms with Crippen molar-refractivity contribution < 1.29 is 4.79 Å². The first kappa shape index (κ1) is 12.4. The van der Waals surface area contributed by atoms with Gasteiger partial charge < -0.3 is 10.2 Å². The van der Waals surface area contributed by atoms with Gasteiger partial charge in [-0.2, -0.15) is 5.10 Å². The number of anilines is 1. The SMILES string of the molecule is O=C1NCCN(Cc2ccnn2C2CC2)c2ccccc21. The number of nitrogens with one attached hydrogen (secondary N) is 1. The topological polar surface area (TPSA) is 50.2 Å². The largest absolute Gasteiger partial charge is 0.363 e. The molecule has 2 aromatic rings. The third kappa shape index (κ3) is 2.28. The van der Waals surface area contributed by atoms with Crippen LogP contribution in [0.1, 0.15) is 34.9 Å². The number of fused-ring (bicyclic) bond motifs is 1. The van der Waals surface area contributed by atoms with Crippen LogP contribution in [0.2, 0.25) is 0 Å². The lowest BCUT2D eigenvalue weighted by Crippen LogP contribution is -2.30. The molecule has 2 aliphatic rings. The molecule has 5 heteroatoms. The Labute approximate surface area is 123 Å². The summed E-state index contributed by atoms with van der Waals surface area (Å²) in [5.41, 5.74) is 2.99. The Kier molecular flexibility index (Phi) is 2.91. The van der Waals surface area contributed by atoms with Crippen LogP contribution in [0.15, 0.2) is 36.5 Å². The minimum absolute atomic E-state index is 0.0174. The van der Waals surface area contributed by atoms with Crippen molar-refractivity contribution >= 4 is 11.6 Å². The average molecular weight is 282 g/mol. The molecule has 108 valence electrons. The van der Waals surface area contributed by atoms with Crippen LogP contribution in [0, 0.1) is 0 Å². The number of para-hydroxylation sites is 1. The third-order valence-electron chi connectivity index (χ3n) is 4.15. The highest BCUT2D eigenvalue weighted by molar-refractivity contribution is 6.00. The van der Waals surface area contributed by atoms with E-state index in [4.69, 9.17) is 0 Å². The standard InChI is InChI=1S/C16H18N4O/c21-16-14-3-1-2-4-15(14)19(10-9-17-16)11-13-7-8-18-20(13)12-5-6-12/h1-4,7-8,12H,5-6,9-11H2,(H,17,21). The van der Waals surface area contributed by atoms with Gasteiger partial charge in [0.15, 0.2) is 0 Å². The molecule has 1 aliphatic carbocycles. The summed E-state index contributed by atoms with van der Waals surface area (Å²) in [4.78, 5) is 14.4. The third-order valence-corrected chi connectivity index (χ3v) is 4.15. The normalized spacial score (nSPS) is 18.1. The van der Waals surface area contributed by atoms with Crippen LogP contribution in [0.4, 0.5) is 5.69 Å². The summed E-state index contributed by atoms with van der Waals surface area (Å²) >= 11 is 0. The van der Waals surface area contributed by atoms with Crippen molar-refractivity contribution in [3.8, 4) is 0 Å². The highest BCUT2D eigenvalue weighted by Crippen LogP contribution is 2.35. The van der Waals surface area contributed by atoms with Crippen LogP contribution in [-0.4, -0.2) is 28.8 Å². The quantitative estimate of drug-likeness (QED) is 0.936. The molecule has 1 fully saturated rings. The number of rotatable bonds is 3. The number of hydrogen-bond acceptors (Lipinski definition) is 3. The second-order valence-corrected chi connectivity index (χ2v) is 5.69. The summed E-state index contributed by atoms with van der Waals surface area (Å²) < 4.78 is 2.14. The van der Waals surface area contributed by atoms with Gasteiger partial charge in [-0.15, -0.1) is 0 Å². The van der Waals surface area contributed by atoms with E-state index in [1.807, 2.05) is 30.5 Å². The van der Waals surface area contributed by atoms with E-state index in [0.717, 1.165) is 24.3 Å². The van der Waals surface area contributed by atoms with Crippen molar-refractivity contribution in [1.29, 1.82) is 0 Å².